The van der Waals surface area contributed by atoms with Crippen molar-refractivity contribution < 1.29 is 14.3 Å². The third-order valence-corrected chi connectivity index (χ3v) is 4.34. The minimum Gasteiger partial charge on any atom is -0.443 e. The van der Waals surface area contributed by atoms with Crippen LogP contribution in [0.1, 0.15) is 53.5 Å². The second kappa shape index (κ2) is 7.56. The lowest BCUT2D eigenvalue weighted by atomic mass is 9.85. The van der Waals surface area contributed by atoms with Gasteiger partial charge in [0.05, 0.1) is 11.8 Å². The van der Waals surface area contributed by atoms with Gasteiger partial charge in [0.2, 0.25) is 0 Å². The molecule has 1 aromatic carbocycles. The lowest BCUT2D eigenvalue weighted by Crippen LogP contribution is -2.62. The number of hydrogen-bond donors (Lipinski definition) is 0. The number of nitrogens with zero attached hydrogens (tertiary/aromatic N) is 2. The molecule has 2 atom stereocenters. The summed E-state index contributed by atoms with van der Waals surface area (Å²) < 4.78 is 5.54. The second-order valence-corrected chi connectivity index (χ2v) is 8.36. The average molecular weight is 368 g/mol. The van der Waals surface area contributed by atoms with Gasteiger partial charge >= 0.3 is 6.09 Å². The predicted molar refractivity (Wildman–Crippen MR) is 107 cm³/mol. The minimum absolute atomic E-state index is 0.0455. The van der Waals surface area contributed by atoms with Gasteiger partial charge < -0.3 is 4.74 Å². The summed E-state index contributed by atoms with van der Waals surface area (Å²) in [4.78, 5) is 32.2. The Morgan fingerprint density at radius 3 is 2.41 bits per heavy atom. The predicted octanol–water partition coefficient (Wildman–Crippen LogP) is 4.06. The quantitative estimate of drug-likeness (QED) is 0.756. The maximum Gasteiger partial charge on any atom is 0.417 e. The molecule has 1 aliphatic rings. The fourth-order valence-corrected chi connectivity index (χ4v) is 3.17. The zero-order chi connectivity index (χ0) is 20.4. The van der Waals surface area contributed by atoms with Crippen LogP contribution in [0.3, 0.4) is 0 Å². The van der Waals surface area contributed by atoms with Crippen molar-refractivity contribution in [3.8, 4) is 12.3 Å². The molecule has 1 aromatic rings. The third-order valence-electron chi connectivity index (χ3n) is 4.34. The van der Waals surface area contributed by atoms with Crippen LogP contribution < -0.4 is 0 Å². The van der Waals surface area contributed by atoms with Crippen LogP contribution in [-0.4, -0.2) is 39.8 Å². The summed E-state index contributed by atoms with van der Waals surface area (Å²) in [7, 11) is 0. The first kappa shape index (κ1) is 20.7. The summed E-state index contributed by atoms with van der Waals surface area (Å²) in [5, 5.41) is 0. The van der Waals surface area contributed by atoms with Crippen molar-refractivity contribution in [3.05, 3.63) is 35.9 Å². The SMILES string of the molecule is C#CC[C@]1(C)N=C(c2ccccc2)[C@@H](C(C)C)N(C(=O)OC(C)(C)C)C1=O. The Morgan fingerprint density at radius 2 is 1.93 bits per heavy atom. The van der Waals surface area contributed by atoms with Gasteiger partial charge in [0.25, 0.3) is 5.91 Å². The first-order valence-electron chi connectivity index (χ1n) is 9.15. The van der Waals surface area contributed by atoms with E-state index in [2.05, 4.69) is 5.92 Å². The second-order valence-electron chi connectivity index (χ2n) is 8.36. The van der Waals surface area contributed by atoms with E-state index in [0.717, 1.165) is 5.56 Å². The fraction of sp³-hybridized carbons (Fsp3) is 0.500. The van der Waals surface area contributed by atoms with Crippen LogP contribution in [0.5, 0.6) is 0 Å². The van der Waals surface area contributed by atoms with Crippen LogP contribution in [0.4, 0.5) is 4.79 Å². The van der Waals surface area contributed by atoms with Crippen molar-refractivity contribution in [1.82, 2.24) is 4.90 Å². The van der Waals surface area contributed by atoms with Crippen LogP contribution >= 0.6 is 0 Å². The molecule has 0 unspecified atom stereocenters. The van der Waals surface area contributed by atoms with Gasteiger partial charge in [0.1, 0.15) is 11.1 Å². The fourth-order valence-electron chi connectivity index (χ4n) is 3.17. The number of carbonyl (C=O) groups is 2. The maximum absolute atomic E-state index is 13.3. The van der Waals surface area contributed by atoms with Crippen molar-refractivity contribution >= 4 is 17.7 Å². The van der Waals surface area contributed by atoms with Crippen LogP contribution in [0.15, 0.2) is 35.3 Å². The molecule has 0 bridgehead atoms. The Morgan fingerprint density at radius 1 is 1.33 bits per heavy atom. The van der Waals surface area contributed by atoms with Gasteiger partial charge in [-0.3, -0.25) is 9.79 Å². The van der Waals surface area contributed by atoms with Gasteiger partial charge in [-0.15, -0.1) is 12.3 Å². The van der Waals surface area contributed by atoms with Gasteiger partial charge in [-0.05, 0) is 39.2 Å². The number of carbonyl (C=O) groups excluding carboxylic acids is 2. The van der Waals surface area contributed by atoms with Crippen molar-refractivity contribution in [2.24, 2.45) is 10.9 Å². The van der Waals surface area contributed by atoms with Crippen LogP contribution in [-0.2, 0) is 9.53 Å². The molecule has 1 aliphatic heterocycles. The summed E-state index contributed by atoms with van der Waals surface area (Å²) in [6.07, 6.45) is 4.94. The molecule has 0 aliphatic carbocycles. The van der Waals surface area contributed by atoms with E-state index in [1.165, 1.54) is 4.90 Å². The van der Waals surface area contributed by atoms with Crippen LogP contribution in [0, 0.1) is 18.3 Å². The Bertz CT molecular complexity index is 784. The number of aliphatic imine (C=N–C) groups is 1. The van der Waals surface area contributed by atoms with E-state index in [1.807, 2.05) is 44.2 Å². The molecule has 27 heavy (non-hydrogen) atoms. The van der Waals surface area contributed by atoms with Crippen LogP contribution in [0.2, 0.25) is 0 Å². The van der Waals surface area contributed by atoms with E-state index in [4.69, 9.17) is 16.2 Å². The molecule has 2 rings (SSSR count). The first-order chi connectivity index (χ1) is 12.5. The number of rotatable bonds is 3. The van der Waals surface area contributed by atoms with Crippen molar-refractivity contribution in [2.45, 2.75) is 65.1 Å². The highest BCUT2D eigenvalue weighted by molar-refractivity contribution is 6.14. The van der Waals surface area contributed by atoms with Gasteiger partial charge in [0, 0.05) is 6.42 Å². The standard InChI is InChI=1S/C22H28N2O3/c1-8-14-22(7)19(25)24(20(26)27-21(4,5)6)18(15(2)3)17(23-22)16-12-10-9-11-13-16/h1,9-13,15,18H,14H2,2-7H3/t18-,22+/m1/s1. The smallest absolute Gasteiger partial charge is 0.417 e. The van der Waals surface area contributed by atoms with E-state index in [-0.39, 0.29) is 12.3 Å². The van der Waals surface area contributed by atoms with Gasteiger partial charge in [-0.1, -0.05) is 44.2 Å². The van der Waals surface area contributed by atoms with E-state index >= 15 is 0 Å². The molecular formula is C22H28N2O3. The lowest BCUT2D eigenvalue weighted by molar-refractivity contribution is -0.137. The topological polar surface area (TPSA) is 59.0 Å². The Hall–Kier alpha value is -2.61. The number of terminal acetylenes is 1. The summed E-state index contributed by atoms with van der Waals surface area (Å²) in [6.45, 7) is 10.9. The van der Waals surface area contributed by atoms with Crippen molar-refractivity contribution in [1.29, 1.82) is 0 Å². The Balaban J connectivity index is 2.65. The molecule has 0 radical (unpaired) electrons. The van der Waals surface area contributed by atoms with Gasteiger partial charge in [-0.25, -0.2) is 9.69 Å². The highest BCUT2D eigenvalue weighted by Crippen LogP contribution is 2.32. The Labute approximate surface area is 161 Å². The number of hydrogen-bond acceptors (Lipinski definition) is 4. The van der Waals surface area contributed by atoms with Crippen LogP contribution in [0.25, 0.3) is 0 Å². The molecule has 5 heteroatoms. The summed E-state index contributed by atoms with van der Waals surface area (Å²) in [5.74, 6) is 2.06. The van der Waals surface area contributed by atoms with Gasteiger partial charge in [0.15, 0.2) is 0 Å². The molecule has 0 saturated carbocycles. The normalized spacial score (nSPS) is 23.0. The average Bonchev–Trinajstić information content (AvgIpc) is 2.56. The summed E-state index contributed by atoms with van der Waals surface area (Å²) >= 11 is 0. The number of ether oxygens (including phenoxy) is 1. The lowest BCUT2D eigenvalue weighted by Gasteiger charge is -2.43. The molecule has 1 heterocycles. The van der Waals surface area contributed by atoms with Crippen molar-refractivity contribution in [2.75, 3.05) is 0 Å². The number of amides is 2. The molecule has 5 nitrogen and oxygen atoms in total. The Kier molecular flexibility index (Phi) is 5.79. The molecule has 0 saturated heterocycles. The van der Waals surface area contributed by atoms with Gasteiger partial charge in [-0.2, -0.15) is 0 Å². The molecule has 0 fully saturated rings. The minimum atomic E-state index is -1.21. The zero-order valence-corrected chi connectivity index (χ0v) is 16.9. The molecular weight excluding hydrogens is 340 g/mol. The molecule has 144 valence electrons. The summed E-state index contributed by atoms with van der Waals surface area (Å²) in [6, 6.07) is 9.04. The van der Waals surface area contributed by atoms with E-state index in [0.29, 0.717) is 5.71 Å². The number of imide groups is 1. The highest BCUT2D eigenvalue weighted by atomic mass is 16.6. The number of benzene rings is 1. The monoisotopic (exact) mass is 368 g/mol. The van der Waals surface area contributed by atoms with E-state index in [1.54, 1.807) is 27.7 Å². The summed E-state index contributed by atoms with van der Waals surface area (Å²) in [5.41, 5.74) is -0.389. The largest absolute Gasteiger partial charge is 0.443 e. The van der Waals surface area contributed by atoms with E-state index in [9.17, 15) is 9.59 Å². The molecule has 0 aromatic heterocycles. The third kappa shape index (κ3) is 4.39. The molecule has 2 amide bonds. The maximum atomic E-state index is 13.3. The van der Waals surface area contributed by atoms with E-state index < -0.39 is 29.2 Å². The molecule has 0 spiro atoms. The van der Waals surface area contributed by atoms with Crippen molar-refractivity contribution in [3.63, 3.8) is 0 Å². The first-order valence-corrected chi connectivity index (χ1v) is 9.15. The molecule has 0 N–H and O–H groups in total. The zero-order valence-electron chi connectivity index (χ0n) is 16.9. The highest BCUT2D eigenvalue weighted by Gasteiger charge is 2.50.